The van der Waals surface area contributed by atoms with Crippen LogP contribution in [-0.4, -0.2) is 47.3 Å². The number of hydrogen-bond acceptors (Lipinski definition) is 5. The Morgan fingerprint density at radius 3 is 2.44 bits per heavy atom. The van der Waals surface area contributed by atoms with Gasteiger partial charge in [0.25, 0.3) is 5.56 Å². The number of esters is 1. The van der Waals surface area contributed by atoms with E-state index in [-0.39, 0.29) is 23.1 Å². The van der Waals surface area contributed by atoms with Crippen LogP contribution in [0, 0.1) is 5.92 Å². The predicted octanol–water partition coefficient (Wildman–Crippen LogP) is 2.28. The molecule has 138 valence electrons. The first-order valence-corrected chi connectivity index (χ1v) is 8.47. The lowest BCUT2D eigenvalue weighted by Crippen LogP contribution is -2.42. The van der Waals surface area contributed by atoms with Crippen LogP contribution in [0.5, 0.6) is 0 Å². The summed E-state index contributed by atoms with van der Waals surface area (Å²) in [5.74, 6) is -0.358. The topological polar surface area (TPSA) is 77.8 Å². The van der Waals surface area contributed by atoms with Crippen molar-refractivity contribution in [1.29, 1.82) is 0 Å². The maximum absolute atomic E-state index is 12.3. The summed E-state index contributed by atoms with van der Waals surface area (Å²) in [5.41, 5.74) is -0.810. The molecule has 0 bridgehead atoms. The second-order valence-corrected chi connectivity index (χ2v) is 7.28. The molecule has 0 saturated carbocycles. The van der Waals surface area contributed by atoms with Crippen LogP contribution in [0.4, 0.5) is 4.79 Å². The van der Waals surface area contributed by atoms with Crippen molar-refractivity contribution in [3.8, 4) is 0 Å². The van der Waals surface area contributed by atoms with Crippen LogP contribution in [0.2, 0.25) is 0 Å². The van der Waals surface area contributed by atoms with E-state index >= 15 is 0 Å². The molecule has 1 aromatic rings. The van der Waals surface area contributed by atoms with Gasteiger partial charge in [-0.15, -0.1) is 0 Å². The molecule has 0 radical (unpaired) electrons. The number of ether oxygens (including phenoxy) is 2. The quantitative estimate of drug-likeness (QED) is 0.782. The summed E-state index contributed by atoms with van der Waals surface area (Å²) in [4.78, 5) is 37.8. The molecular formula is C18H26N2O5. The second kappa shape index (κ2) is 7.72. The summed E-state index contributed by atoms with van der Waals surface area (Å²) in [6.45, 7) is 7.26. The van der Waals surface area contributed by atoms with Crippen LogP contribution in [-0.2, 0) is 16.0 Å². The fraction of sp³-hybridized carbons (Fsp3) is 0.611. The van der Waals surface area contributed by atoms with Crippen molar-refractivity contribution in [1.82, 2.24) is 9.47 Å². The van der Waals surface area contributed by atoms with Crippen LogP contribution in [0.3, 0.4) is 0 Å². The molecule has 0 aromatic carbocycles. The van der Waals surface area contributed by atoms with Crippen molar-refractivity contribution in [2.45, 2.75) is 45.8 Å². The summed E-state index contributed by atoms with van der Waals surface area (Å²) in [7, 11) is 1.26. The largest absolute Gasteiger partial charge is 0.465 e. The molecule has 2 heterocycles. The maximum atomic E-state index is 12.3. The van der Waals surface area contributed by atoms with Crippen LogP contribution >= 0.6 is 0 Å². The second-order valence-electron chi connectivity index (χ2n) is 7.28. The molecule has 0 aliphatic carbocycles. The number of nitrogens with zero attached hydrogens (tertiary/aromatic N) is 2. The van der Waals surface area contributed by atoms with E-state index in [1.807, 2.05) is 20.8 Å². The van der Waals surface area contributed by atoms with Gasteiger partial charge in [-0.25, -0.2) is 9.59 Å². The summed E-state index contributed by atoms with van der Waals surface area (Å²) in [6, 6.07) is 3.14. The molecule has 7 nitrogen and oxygen atoms in total. The molecule has 1 amide bonds. The highest BCUT2D eigenvalue weighted by molar-refractivity contribution is 5.88. The zero-order valence-electron chi connectivity index (χ0n) is 15.3. The molecule has 0 unspecified atom stereocenters. The first kappa shape index (κ1) is 19.0. The summed E-state index contributed by atoms with van der Waals surface area (Å²) in [6.07, 6.45) is 2.95. The summed E-state index contributed by atoms with van der Waals surface area (Å²) in [5, 5.41) is 0. The average Bonchev–Trinajstić information content (AvgIpc) is 2.55. The van der Waals surface area contributed by atoms with E-state index in [9.17, 15) is 14.4 Å². The SMILES string of the molecule is COC(=O)c1cccn(CC2CCN(C(=O)OC(C)(C)C)CC2)c1=O. The van der Waals surface area contributed by atoms with E-state index < -0.39 is 11.6 Å². The Labute approximate surface area is 147 Å². The van der Waals surface area contributed by atoms with Crippen molar-refractivity contribution in [3.05, 3.63) is 34.2 Å². The summed E-state index contributed by atoms with van der Waals surface area (Å²) < 4.78 is 11.6. The number of carbonyl (C=O) groups excluding carboxylic acids is 2. The predicted molar refractivity (Wildman–Crippen MR) is 92.6 cm³/mol. The monoisotopic (exact) mass is 350 g/mol. The van der Waals surface area contributed by atoms with E-state index in [0.717, 1.165) is 12.8 Å². The number of piperidine rings is 1. The van der Waals surface area contributed by atoms with Gasteiger partial charge < -0.3 is 18.9 Å². The number of hydrogen-bond donors (Lipinski definition) is 0. The highest BCUT2D eigenvalue weighted by atomic mass is 16.6. The third-order valence-electron chi connectivity index (χ3n) is 4.15. The Hall–Kier alpha value is -2.31. The number of aromatic nitrogens is 1. The van der Waals surface area contributed by atoms with Gasteiger partial charge in [0.15, 0.2) is 0 Å². The van der Waals surface area contributed by atoms with Crippen molar-refractivity contribution >= 4 is 12.1 Å². The zero-order valence-corrected chi connectivity index (χ0v) is 15.3. The number of pyridine rings is 1. The van der Waals surface area contributed by atoms with E-state index in [0.29, 0.717) is 19.6 Å². The third kappa shape index (κ3) is 5.08. The molecule has 1 aliphatic heterocycles. The number of amides is 1. The molecule has 0 N–H and O–H groups in total. The molecule has 25 heavy (non-hydrogen) atoms. The van der Waals surface area contributed by atoms with Gasteiger partial charge in [-0.1, -0.05) is 0 Å². The van der Waals surface area contributed by atoms with Gasteiger partial charge >= 0.3 is 12.1 Å². The molecule has 1 fully saturated rings. The van der Waals surface area contributed by atoms with Crippen molar-refractivity contribution in [3.63, 3.8) is 0 Å². The molecule has 1 saturated heterocycles. The van der Waals surface area contributed by atoms with Crippen LogP contribution < -0.4 is 5.56 Å². The normalized spacial score (nSPS) is 15.8. The molecule has 1 aromatic heterocycles. The Morgan fingerprint density at radius 1 is 1.24 bits per heavy atom. The molecule has 0 spiro atoms. The standard InChI is InChI=1S/C18H26N2O5/c1-18(2,3)25-17(23)19-10-7-13(8-11-19)12-20-9-5-6-14(15(20)21)16(22)24-4/h5-6,9,13H,7-8,10-12H2,1-4H3. The molecule has 7 heteroatoms. The number of carbonyl (C=O) groups is 2. The Bertz CT molecular complexity index is 681. The Morgan fingerprint density at radius 2 is 1.88 bits per heavy atom. The minimum atomic E-state index is -0.626. The van der Waals surface area contributed by atoms with Gasteiger partial charge in [0.1, 0.15) is 11.2 Å². The first-order chi connectivity index (χ1) is 11.7. The Kier molecular flexibility index (Phi) is 5.87. The summed E-state index contributed by atoms with van der Waals surface area (Å²) >= 11 is 0. The lowest BCUT2D eigenvalue weighted by molar-refractivity contribution is 0.0177. The maximum Gasteiger partial charge on any atom is 0.410 e. The van der Waals surface area contributed by atoms with Gasteiger partial charge in [0, 0.05) is 25.8 Å². The van der Waals surface area contributed by atoms with Crippen molar-refractivity contribution in [2.75, 3.05) is 20.2 Å². The van der Waals surface area contributed by atoms with Gasteiger partial charge in [-0.3, -0.25) is 4.79 Å². The van der Waals surface area contributed by atoms with E-state index in [4.69, 9.17) is 4.74 Å². The van der Waals surface area contributed by atoms with E-state index in [1.165, 1.54) is 13.2 Å². The highest BCUT2D eigenvalue weighted by Crippen LogP contribution is 2.20. The van der Waals surface area contributed by atoms with Gasteiger partial charge in [0.2, 0.25) is 0 Å². The minimum Gasteiger partial charge on any atom is -0.465 e. The van der Waals surface area contributed by atoms with Crippen LogP contribution in [0.15, 0.2) is 23.1 Å². The smallest absolute Gasteiger partial charge is 0.410 e. The van der Waals surface area contributed by atoms with Gasteiger partial charge in [0.05, 0.1) is 7.11 Å². The molecule has 2 rings (SSSR count). The lowest BCUT2D eigenvalue weighted by Gasteiger charge is -2.33. The fourth-order valence-electron chi connectivity index (χ4n) is 2.85. The third-order valence-corrected chi connectivity index (χ3v) is 4.15. The lowest BCUT2D eigenvalue weighted by atomic mass is 9.97. The number of likely N-dealkylation sites (tertiary alicyclic amines) is 1. The van der Waals surface area contributed by atoms with E-state index in [2.05, 4.69) is 4.74 Å². The Balaban J connectivity index is 1.96. The van der Waals surface area contributed by atoms with Gasteiger partial charge in [-0.05, 0) is 51.7 Å². The first-order valence-electron chi connectivity index (χ1n) is 8.47. The molecular weight excluding hydrogens is 324 g/mol. The average molecular weight is 350 g/mol. The minimum absolute atomic E-state index is 0.0381. The van der Waals surface area contributed by atoms with Gasteiger partial charge in [-0.2, -0.15) is 0 Å². The van der Waals surface area contributed by atoms with Crippen LogP contribution in [0.25, 0.3) is 0 Å². The number of rotatable bonds is 3. The zero-order chi connectivity index (χ0) is 18.6. The molecule has 0 atom stereocenters. The highest BCUT2D eigenvalue weighted by Gasteiger charge is 2.27. The fourth-order valence-corrected chi connectivity index (χ4v) is 2.85. The van der Waals surface area contributed by atoms with E-state index in [1.54, 1.807) is 21.7 Å². The van der Waals surface area contributed by atoms with Crippen LogP contribution in [0.1, 0.15) is 44.0 Å². The van der Waals surface area contributed by atoms with Crippen molar-refractivity contribution in [2.24, 2.45) is 5.92 Å². The number of methoxy groups -OCH3 is 1. The van der Waals surface area contributed by atoms with Crippen molar-refractivity contribution < 1.29 is 19.1 Å². The molecule has 1 aliphatic rings.